The smallest absolute Gasteiger partial charge is 0.126 e. The minimum atomic E-state index is -0.697. The molecule has 0 aliphatic carbocycles. The van der Waals surface area contributed by atoms with E-state index >= 15 is 8.78 Å². The van der Waals surface area contributed by atoms with E-state index in [4.69, 9.17) is 0 Å². The Morgan fingerprint density at radius 3 is 1.33 bits per heavy atom. The van der Waals surface area contributed by atoms with Crippen LogP contribution in [0.25, 0.3) is 111 Å². The van der Waals surface area contributed by atoms with Crippen LogP contribution >= 0.6 is 0 Å². The SMILES string of the molecule is N#Cc1cc(-n2c3ccccc3c3cc(-c4ccnc(-c5ccccc5)c4)ccc32)c(-c2cc(F)cc(F)c2)cc1-n1c2ccccc2c2cc(-c3ccnc(-c4ccccc4)c3)ccc21. The molecule has 4 heterocycles. The largest absolute Gasteiger partial charge is 0.309 e. The van der Waals surface area contributed by atoms with Gasteiger partial charge in [-0.25, -0.2) is 8.78 Å². The summed E-state index contributed by atoms with van der Waals surface area (Å²) in [5, 5.41) is 15.1. The fourth-order valence-corrected chi connectivity index (χ4v) is 9.55. The summed E-state index contributed by atoms with van der Waals surface area (Å²) in [6.45, 7) is 0. The van der Waals surface area contributed by atoms with Crippen LogP contribution in [0.5, 0.6) is 0 Å². The van der Waals surface area contributed by atoms with Crippen LogP contribution in [0.4, 0.5) is 8.78 Å². The number of para-hydroxylation sites is 2. The van der Waals surface area contributed by atoms with Crippen LogP contribution < -0.4 is 0 Å². The Morgan fingerprint density at radius 1 is 0.364 bits per heavy atom. The number of benzene rings is 8. The Balaban J connectivity index is 1.07. The summed E-state index contributed by atoms with van der Waals surface area (Å²) >= 11 is 0. The van der Waals surface area contributed by atoms with Crippen LogP contribution in [0.3, 0.4) is 0 Å². The molecule has 0 aliphatic rings. The average Bonchev–Trinajstić information content (AvgIpc) is 3.88. The highest BCUT2D eigenvalue weighted by atomic mass is 19.1. The number of hydrogen-bond acceptors (Lipinski definition) is 3. The molecule has 0 N–H and O–H groups in total. The molecule has 12 aromatic rings. The van der Waals surface area contributed by atoms with E-state index in [1.54, 1.807) is 0 Å². The molecule has 0 bridgehead atoms. The lowest BCUT2D eigenvalue weighted by Gasteiger charge is -2.19. The summed E-state index contributed by atoms with van der Waals surface area (Å²) in [6, 6.07) is 67.3. The zero-order valence-corrected chi connectivity index (χ0v) is 35.2. The average molecular weight is 852 g/mol. The van der Waals surface area contributed by atoms with Crippen molar-refractivity contribution in [1.82, 2.24) is 19.1 Å². The molecule has 5 nitrogen and oxygen atoms in total. The first-order valence-corrected chi connectivity index (χ1v) is 21.6. The van der Waals surface area contributed by atoms with Gasteiger partial charge in [-0.15, -0.1) is 0 Å². The van der Waals surface area contributed by atoms with E-state index in [9.17, 15) is 5.26 Å². The van der Waals surface area contributed by atoms with Gasteiger partial charge in [0.25, 0.3) is 0 Å². The fraction of sp³-hybridized carbons (Fsp3) is 0. The summed E-state index contributed by atoms with van der Waals surface area (Å²) in [6.07, 6.45) is 3.67. The monoisotopic (exact) mass is 851 g/mol. The van der Waals surface area contributed by atoms with E-state index in [0.29, 0.717) is 28.1 Å². The number of nitrogens with zero attached hydrogens (tertiary/aromatic N) is 5. The topological polar surface area (TPSA) is 59.4 Å². The van der Waals surface area contributed by atoms with Crippen molar-refractivity contribution >= 4 is 43.6 Å². The van der Waals surface area contributed by atoms with Crippen molar-refractivity contribution in [2.45, 2.75) is 0 Å². The summed E-state index contributed by atoms with van der Waals surface area (Å²) in [5.74, 6) is -1.39. The van der Waals surface area contributed by atoms with Gasteiger partial charge < -0.3 is 9.13 Å². The highest BCUT2D eigenvalue weighted by Crippen LogP contribution is 2.43. The van der Waals surface area contributed by atoms with Crippen LogP contribution in [0.2, 0.25) is 0 Å². The second-order valence-electron chi connectivity index (χ2n) is 16.4. The summed E-state index contributed by atoms with van der Waals surface area (Å²) in [5.41, 5.74) is 13.9. The standard InChI is InChI=1S/C59H35F2N5/c60-45-27-43(28-46(61)34-45)49-35-58(65-54-17-9-7-15-47(54)50-29-39(19-21-56(50)65)41-23-25-63-52(31-41)37-11-3-1-4-12-37)44(36-62)33-59(49)66-55-18-10-8-16-48(55)51-30-40(20-22-57(51)66)42-24-26-64-53(32-42)38-13-5-2-6-14-38/h1-35H. The quantitative estimate of drug-likeness (QED) is 0.160. The third kappa shape index (κ3) is 6.51. The van der Waals surface area contributed by atoms with Crippen molar-refractivity contribution in [3.8, 4) is 73.3 Å². The molecular weight excluding hydrogens is 817 g/mol. The molecule has 0 aliphatic heterocycles. The summed E-state index contributed by atoms with van der Waals surface area (Å²) < 4.78 is 34.9. The molecule has 0 amide bonds. The van der Waals surface area contributed by atoms with E-state index in [1.165, 1.54) is 12.1 Å². The van der Waals surface area contributed by atoms with E-state index in [-0.39, 0.29) is 0 Å². The Labute approximate surface area is 378 Å². The molecule has 7 heteroatoms. The summed E-state index contributed by atoms with van der Waals surface area (Å²) in [7, 11) is 0. The number of pyridine rings is 2. The number of nitriles is 1. The van der Waals surface area contributed by atoms with Gasteiger partial charge in [-0.1, -0.05) is 109 Å². The van der Waals surface area contributed by atoms with Gasteiger partial charge in [0.15, 0.2) is 0 Å². The van der Waals surface area contributed by atoms with Crippen LogP contribution in [-0.4, -0.2) is 19.1 Å². The maximum Gasteiger partial charge on any atom is 0.126 e. The second-order valence-corrected chi connectivity index (χ2v) is 16.4. The first-order chi connectivity index (χ1) is 32.5. The summed E-state index contributed by atoms with van der Waals surface area (Å²) in [4.78, 5) is 9.31. The molecule has 0 spiro atoms. The van der Waals surface area contributed by atoms with Crippen LogP contribution in [-0.2, 0) is 0 Å². The molecule has 0 saturated heterocycles. The maximum atomic E-state index is 15.4. The van der Waals surface area contributed by atoms with E-state index in [1.807, 2.05) is 122 Å². The van der Waals surface area contributed by atoms with Crippen molar-refractivity contribution < 1.29 is 8.78 Å². The molecule has 12 rings (SSSR count). The van der Waals surface area contributed by atoms with Crippen molar-refractivity contribution in [3.05, 3.63) is 230 Å². The Kier molecular flexibility index (Phi) is 9.18. The van der Waals surface area contributed by atoms with Gasteiger partial charge in [0, 0.05) is 56.7 Å². The van der Waals surface area contributed by atoms with Crippen LogP contribution in [0.1, 0.15) is 5.56 Å². The Bertz CT molecular complexity index is 3900. The number of aromatic nitrogens is 4. The maximum absolute atomic E-state index is 15.4. The first kappa shape index (κ1) is 38.7. The second kappa shape index (κ2) is 15.7. The van der Waals surface area contributed by atoms with Crippen molar-refractivity contribution in [2.24, 2.45) is 0 Å². The van der Waals surface area contributed by atoms with Gasteiger partial charge in [-0.3, -0.25) is 9.97 Å². The Hall–Kier alpha value is -8.99. The van der Waals surface area contributed by atoms with E-state index in [0.717, 1.165) is 94.4 Å². The fourth-order valence-electron chi connectivity index (χ4n) is 9.55. The zero-order chi connectivity index (χ0) is 44.3. The van der Waals surface area contributed by atoms with Crippen LogP contribution in [0.15, 0.2) is 213 Å². The molecule has 0 unspecified atom stereocenters. The lowest BCUT2D eigenvalue weighted by molar-refractivity contribution is 0.584. The molecule has 4 aromatic heterocycles. The van der Waals surface area contributed by atoms with Gasteiger partial charge in [-0.2, -0.15) is 5.26 Å². The van der Waals surface area contributed by atoms with Gasteiger partial charge in [-0.05, 0) is 113 Å². The molecular formula is C59H35F2N5. The first-order valence-electron chi connectivity index (χ1n) is 21.6. The number of fused-ring (bicyclic) bond motifs is 6. The predicted molar refractivity (Wildman–Crippen MR) is 263 cm³/mol. The molecule has 310 valence electrons. The van der Waals surface area contributed by atoms with Gasteiger partial charge in [0.05, 0.1) is 50.4 Å². The number of halogens is 2. The van der Waals surface area contributed by atoms with Gasteiger partial charge in [0.2, 0.25) is 0 Å². The lowest BCUT2D eigenvalue weighted by Crippen LogP contribution is -2.04. The predicted octanol–water partition coefficient (Wildman–Crippen LogP) is 15.2. The minimum absolute atomic E-state index is 0.343. The lowest BCUT2D eigenvalue weighted by atomic mass is 9.98. The molecule has 8 aromatic carbocycles. The van der Waals surface area contributed by atoms with Crippen molar-refractivity contribution in [3.63, 3.8) is 0 Å². The van der Waals surface area contributed by atoms with Gasteiger partial charge in [0.1, 0.15) is 17.7 Å². The van der Waals surface area contributed by atoms with Crippen molar-refractivity contribution in [1.29, 1.82) is 5.26 Å². The normalized spacial score (nSPS) is 11.5. The molecule has 0 atom stereocenters. The third-order valence-corrected chi connectivity index (χ3v) is 12.6. The van der Waals surface area contributed by atoms with Crippen LogP contribution in [0, 0.1) is 23.0 Å². The van der Waals surface area contributed by atoms with E-state index < -0.39 is 11.6 Å². The Morgan fingerprint density at radius 2 is 0.818 bits per heavy atom. The number of rotatable bonds is 7. The molecule has 0 saturated carbocycles. The van der Waals surface area contributed by atoms with E-state index in [2.05, 4.69) is 98.0 Å². The number of hydrogen-bond donors (Lipinski definition) is 0. The molecule has 0 fully saturated rings. The van der Waals surface area contributed by atoms with Gasteiger partial charge >= 0.3 is 0 Å². The zero-order valence-electron chi connectivity index (χ0n) is 35.2. The highest BCUT2D eigenvalue weighted by molar-refractivity contribution is 6.12. The van der Waals surface area contributed by atoms with Crippen molar-refractivity contribution in [2.75, 3.05) is 0 Å². The minimum Gasteiger partial charge on any atom is -0.309 e. The highest BCUT2D eigenvalue weighted by Gasteiger charge is 2.23. The molecule has 66 heavy (non-hydrogen) atoms. The molecule has 0 radical (unpaired) electrons. The third-order valence-electron chi connectivity index (χ3n) is 12.6.